The quantitative estimate of drug-likeness (QED) is 0.717. The van der Waals surface area contributed by atoms with Crippen LogP contribution in [0.4, 0.5) is 0 Å². The van der Waals surface area contributed by atoms with Gasteiger partial charge in [-0.3, -0.25) is 0 Å². The Morgan fingerprint density at radius 1 is 1.00 bits per heavy atom. The average Bonchev–Trinajstić information content (AvgIpc) is 3.31. The molecule has 4 unspecified atom stereocenters. The molecular formula is C28H40N2O2. The first-order valence-corrected chi connectivity index (χ1v) is 12.6. The second-order valence-corrected chi connectivity index (χ2v) is 9.43. The Bertz CT molecular complexity index is 926. The SMILES string of the molecule is CC.CC1CC(c2cc3c(c(Cc4ccc5c(c4)OCCC5)c2)CCC3)OC(CN)C1N. The van der Waals surface area contributed by atoms with Gasteiger partial charge in [-0.05, 0) is 90.3 Å². The van der Waals surface area contributed by atoms with Crippen LogP contribution in [0.1, 0.15) is 79.5 Å². The lowest BCUT2D eigenvalue weighted by molar-refractivity contribution is -0.0776. The van der Waals surface area contributed by atoms with Crippen LogP contribution in [0.15, 0.2) is 30.3 Å². The Balaban J connectivity index is 0.00000119. The van der Waals surface area contributed by atoms with Gasteiger partial charge in [0, 0.05) is 12.6 Å². The molecule has 2 heterocycles. The average molecular weight is 437 g/mol. The summed E-state index contributed by atoms with van der Waals surface area (Å²) < 4.78 is 12.3. The maximum absolute atomic E-state index is 6.37. The summed E-state index contributed by atoms with van der Waals surface area (Å²) in [7, 11) is 0. The van der Waals surface area contributed by atoms with Crippen molar-refractivity contribution in [2.24, 2.45) is 17.4 Å². The summed E-state index contributed by atoms with van der Waals surface area (Å²) in [5.74, 6) is 1.49. The van der Waals surface area contributed by atoms with Crippen molar-refractivity contribution in [2.75, 3.05) is 13.2 Å². The van der Waals surface area contributed by atoms with Gasteiger partial charge in [0.05, 0.1) is 18.8 Å². The van der Waals surface area contributed by atoms with E-state index < -0.39 is 0 Å². The molecule has 0 saturated carbocycles. The van der Waals surface area contributed by atoms with Crippen molar-refractivity contribution in [1.82, 2.24) is 0 Å². The van der Waals surface area contributed by atoms with E-state index in [9.17, 15) is 0 Å². The Kier molecular flexibility index (Phi) is 7.55. The van der Waals surface area contributed by atoms with Crippen LogP contribution in [0.3, 0.4) is 0 Å². The molecule has 2 aromatic rings. The predicted molar refractivity (Wildman–Crippen MR) is 131 cm³/mol. The van der Waals surface area contributed by atoms with E-state index in [1.807, 2.05) is 13.8 Å². The van der Waals surface area contributed by atoms with Gasteiger partial charge < -0.3 is 20.9 Å². The number of benzene rings is 2. The number of rotatable bonds is 4. The summed E-state index contributed by atoms with van der Waals surface area (Å²) >= 11 is 0. The lowest BCUT2D eigenvalue weighted by Gasteiger charge is -2.39. The Morgan fingerprint density at radius 3 is 2.62 bits per heavy atom. The fraction of sp³-hybridized carbons (Fsp3) is 0.571. The Hall–Kier alpha value is -1.88. The van der Waals surface area contributed by atoms with Crippen molar-refractivity contribution in [1.29, 1.82) is 0 Å². The molecule has 4 N–H and O–H groups in total. The summed E-state index contributed by atoms with van der Waals surface area (Å²) in [6, 6.07) is 11.6. The minimum atomic E-state index is -0.0618. The number of hydrogen-bond donors (Lipinski definition) is 2. The van der Waals surface area contributed by atoms with Gasteiger partial charge in [-0.15, -0.1) is 0 Å². The topological polar surface area (TPSA) is 70.5 Å². The fourth-order valence-corrected chi connectivity index (χ4v) is 5.53. The largest absolute Gasteiger partial charge is 0.493 e. The van der Waals surface area contributed by atoms with E-state index in [1.165, 1.54) is 47.1 Å². The van der Waals surface area contributed by atoms with Crippen LogP contribution in [0, 0.1) is 5.92 Å². The third-order valence-electron chi connectivity index (χ3n) is 7.32. The first-order valence-electron chi connectivity index (χ1n) is 12.6. The molecule has 4 atom stereocenters. The lowest BCUT2D eigenvalue weighted by Crippen LogP contribution is -2.50. The molecule has 1 saturated heterocycles. The zero-order valence-corrected chi connectivity index (χ0v) is 20.0. The van der Waals surface area contributed by atoms with Crippen molar-refractivity contribution in [3.63, 3.8) is 0 Å². The maximum atomic E-state index is 6.37. The van der Waals surface area contributed by atoms with E-state index in [4.69, 9.17) is 20.9 Å². The smallest absolute Gasteiger partial charge is 0.122 e. The third kappa shape index (κ3) is 4.73. The number of ether oxygens (including phenoxy) is 2. The van der Waals surface area contributed by atoms with Crippen LogP contribution in [0.5, 0.6) is 5.75 Å². The van der Waals surface area contributed by atoms with Gasteiger partial charge in [0.15, 0.2) is 0 Å². The molecule has 0 radical (unpaired) electrons. The molecule has 4 nitrogen and oxygen atoms in total. The number of aryl methyl sites for hydroxylation is 2. The fourth-order valence-electron chi connectivity index (χ4n) is 5.53. The molecule has 1 aliphatic carbocycles. The van der Waals surface area contributed by atoms with Gasteiger partial charge in [0.25, 0.3) is 0 Å². The molecule has 0 aromatic heterocycles. The van der Waals surface area contributed by atoms with Gasteiger partial charge in [-0.2, -0.15) is 0 Å². The summed E-state index contributed by atoms with van der Waals surface area (Å²) in [5.41, 5.74) is 20.8. The van der Waals surface area contributed by atoms with Crippen molar-refractivity contribution >= 4 is 0 Å². The first kappa shape index (κ1) is 23.3. The molecule has 3 aliphatic rings. The number of fused-ring (bicyclic) bond motifs is 2. The van der Waals surface area contributed by atoms with Crippen molar-refractivity contribution < 1.29 is 9.47 Å². The summed E-state index contributed by atoms with van der Waals surface area (Å²) in [4.78, 5) is 0. The zero-order valence-electron chi connectivity index (χ0n) is 20.0. The molecule has 1 fully saturated rings. The minimum absolute atomic E-state index is 0.0237. The van der Waals surface area contributed by atoms with Crippen LogP contribution in [-0.2, 0) is 30.4 Å². The van der Waals surface area contributed by atoms with E-state index in [0.717, 1.165) is 38.0 Å². The van der Waals surface area contributed by atoms with E-state index in [2.05, 4.69) is 37.3 Å². The summed E-state index contributed by atoms with van der Waals surface area (Å²) in [5, 5.41) is 0. The highest BCUT2D eigenvalue weighted by Gasteiger charge is 2.34. The molecule has 0 bridgehead atoms. The first-order chi connectivity index (χ1) is 15.6. The van der Waals surface area contributed by atoms with E-state index in [0.29, 0.717) is 12.5 Å². The molecule has 174 valence electrons. The zero-order chi connectivity index (χ0) is 22.7. The lowest BCUT2D eigenvalue weighted by atomic mass is 9.84. The molecule has 0 spiro atoms. The Labute approximate surface area is 193 Å². The highest BCUT2D eigenvalue weighted by atomic mass is 16.5. The standard InChI is InChI=1S/C26H34N2O2.C2H6/c1-16-10-24(30-25(15-27)26(16)28)21-13-19-4-2-6-22(19)20(14-21)11-17-7-8-18-5-3-9-29-23(18)12-17;1-2/h7-8,12-14,16,24-26H,2-6,9-11,15,27-28H2,1H3;1-2H3. The molecule has 32 heavy (non-hydrogen) atoms. The van der Waals surface area contributed by atoms with Crippen LogP contribution in [0.2, 0.25) is 0 Å². The molecular weight excluding hydrogens is 396 g/mol. The van der Waals surface area contributed by atoms with Crippen LogP contribution in [0.25, 0.3) is 0 Å². The second kappa shape index (κ2) is 10.4. The van der Waals surface area contributed by atoms with Crippen LogP contribution < -0.4 is 16.2 Å². The predicted octanol–water partition coefficient (Wildman–Crippen LogP) is 4.87. The van der Waals surface area contributed by atoms with Crippen LogP contribution >= 0.6 is 0 Å². The van der Waals surface area contributed by atoms with Gasteiger partial charge in [-0.1, -0.05) is 45.0 Å². The summed E-state index contributed by atoms with van der Waals surface area (Å²) in [6.45, 7) is 7.54. The van der Waals surface area contributed by atoms with Gasteiger partial charge >= 0.3 is 0 Å². The highest BCUT2D eigenvalue weighted by Crippen LogP contribution is 2.38. The van der Waals surface area contributed by atoms with Gasteiger partial charge in [0.2, 0.25) is 0 Å². The molecule has 5 rings (SSSR count). The van der Waals surface area contributed by atoms with Crippen molar-refractivity contribution in [3.05, 3.63) is 63.7 Å². The minimum Gasteiger partial charge on any atom is -0.493 e. The van der Waals surface area contributed by atoms with E-state index in [1.54, 1.807) is 5.56 Å². The van der Waals surface area contributed by atoms with Crippen molar-refractivity contribution in [2.45, 2.75) is 84.0 Å². The van der Waals surface area contributed by atoms with Gasteiger partial charge in [0.1, 0.15) is 5.75 Å². The second-order valence-electron chi connectivity index (χ2n) is 9.43. The monoisotopic (exact) mass is 436 g/mol. The van der Waals surface area contributed by atoms with Crippen molar-refractivity contribution in [3.8, 4) is 5.75 Å². The Morgan fingerprint density at radius 2 is 1.81 bits per heavy atom. The molecule has 2 aromatic carbocycles. The maximum Gasteiger partial charge on any atom is 0.122 e. The van der Waals surface area contributed by atoms with E-state index >= 15 is 0 Å². The molecule has 0 amide bonds. The number of nitrogens with two attached hydrogens (primary N) is 2. The molecule has 4 heteroatoms. The summed E-state index contributed by atoms with van der Waals surface area (Å²) in [6.07, 6.45) is 7.79. The third-order valence-corrected chi connectivity index (χ3v) is 7.32. The van der Waals surface area contributed by atoms with Crippen LogP contribution in [-0.4, -0.2) is 25.3 Å². The number of hydrogen-bond acceptors (Lipinski definition) is 4. The van der Waals surface area contributed by atoms with E-state index in [-0.39, 0.29) is 18.2 Å². The normalized spacial score (nSPS) is 26.4. The molecule has 2 aliphatic heterocycles. The van der Waals surface area contributed by atoms with Gasteiger partial charge in [-0.25, -0.2) is 0 Å². The highest BCUT2D eigenvalue weighted by molar-refractivity contribution is 5.47.